The molecule has 2 aliphatic rings. The maximum absolute atomic E-state index is 13.0. The Balaban J connectivity index is 1.57. The highest BCUT2D eigenvalue weighted by atomic mass is 16.5. The van der Waals surface area contributed by atoms with Gasteiger partial charge in [0, 0.05) is 31.8 Å². The molecule has 0 spiro atoms. The van der Waals surface area contributed by atoms with Crippen molar-refractivity contribution in [1.29, 1.82) is 0 Å². The highest BCUT2D eigenvalue weighted by Gasteiger charge is 2.27. The molecule has 2 N–H and O–H groups in total. The van der Waals surface area contributed by atoms with Gasteiger partial charge in [-0.2, -0.15) is 0 Å². The molecule has 0 bridgehead atoms. The van der Waals surface area contributed by atoms with Gasteiger partial charge in [-0.05, 0) is 43.9 Å². The van der Waals surface area contributed by atoms with E-state index in [2.05, 4.69) is 15.5 Å². The number of hydrogen-bond donors (Lipinski definition) is 2. The van der Waals surface area contributed by atoms with Gasteiger partial charge < -0.3 is 24.8 Å². The van der Waals surface area contributed by atoms with Crippen LogP contribution in [0.1, 0.15) is 41.6 Å². The third-order valence-electron chi connectivity index (χ3n) is 5.81. The van der Waals surface area contributed by atoms with E-state index >= 15 is 0 Å². The minimum Gasteiger partial charge on any atom is -0.379 e. The van der Waals surface area contributed by atoms with Crippen LogP contribution in [0, 0.1) is 0 Å². The van der Waals surface area contributed by atoms with Crippen LogP contribution in [0.3, 0.4) is 0 Å². The summed E-state index contributed by atoms with van der Waals surface area (Å²) in [5.74, 6) is -1.64. The van der Waals surface area contributed by atoms with Crippen molar-refractivity contribution in [3.63, 3.8) is 0 Å². The summed E-state index contributed by atoms with van der Waals surface area (Å²) >= 11 is 0. The van der Waals surface area contributed by atoms with Crippen molar-refractivity contribution in [2.45, 2.75) is 38.3 Å². The Morgan fingerprint density at radius 1 is 1.00 bits per heavy atom. The van der Waals surface area contributed by atoms with Gasteiger partial charge in [0.25, 0.3) is 11.8 Å². The van der Waals surface area contributed by atoms with E-state index in [0.29, 0.717) is 44.8 Å². The Morgan fingerprint density at radius 3 is 2.61 bits per heavy atom. The smallest absolute Gasteiger partial charge is 0.289 e. The second-order valence-electron chi connectivity index (χ2n) is 8.27. The van der Waals surface area contributed by atoms with Gasteiger partial charge in [-0.3, -0.25) is 19.3 Å². The second kappa shape index (κ2) is 14.0. The topological polar surface area (TPSA) is 106 Å². The molecule has 9 nitrogen and oxygen atoms in total. The highest BCUT2D eigenvalue weighted by molar-refractivity contribution is 6.38. The molecule has 1 aromatic rings. The van der Waals surface area contributed by atoms with Crippen LogP contribution < -0.4 is 10.6 Å². The average molecular weight is 462 g/mol. The Bertz CT molecular complexity index is 781. The fourth-order valence-electron chi connectivity index (χ4n) is 3.90. The summed E-state index contributed by atoms with van der Waals surface area (Å²) in [4.78, 5) is 40.6. The van der Waals surface area contributed by atoms with Gasteiger partial charge in [-0.1, -0.05) is 18.2 Å². The molecule has 182 valence electrons. The van der Waals surface area contributed by atoms with E-state index in [4.69, 9.17) is 14.2 Å². The zero-order valence-corrected chi connectivity index (χ0v) is 19.2. The van der Waals surface area contributed by atoms with Crippen molar-refractivity contribution < 1.29 is 28.6 Å². The maximum atomic E-state index is 13.0. The van der Waals surface area contributed by atoms with Crippen LogP contribution in [-0.4, -0.2) is 87.8 Å². The number of morpholine rings is 1. The monoisotopic (exact) mass is 461 g/mol. The first kappa shape index (κ1) is 25.3. The molecule has 0 aliphatic carbocycles. The number of nitrogens with one attached hydrogen (secondary N) is 2. The van der Waals surface area contributed by atoms with Crippen molar-refractivity contribution in [3.05, 3.63) is 35.4 Å². The van der Waals surface area contributed by atoms with Crippen LogP contribution >= 0.6 is 0 Å². The number of rotatable bonds is 6. The number of nitrogens with zero attached hydrogens (tertiary/aromatic N) is 1. The Morgan fingerprint density at radius 2 is 1.76 bits per heavy atom. The molecule has 3 rings (SSSR count). The summed E-state index contributed by atoms with van der Waals surface area (Å²) < 4.78 is 16.5. The fraction of sp³-hybridized carbons (Fsp3) is 0.625. The van der Waals surface area contributed by atoms with Gasteiger partial charge in [0.05, 0.1) is 39.1 Å². The van der Waals surface area contributed by atoms with Crippen molar-refractivity contribution >= 4 is 17.6 Å². The van der Waals surface area contributed by atoms with Gasteiger partial charge in [0.15, 0.2) is 0 Å². The van der Waals surface area contributed by atoms with E-state index in [9.17, 15) is 14.4 Å². The first-order valence-corrected chi connectivity index (χ1v) is 11.8. The largest absolute Gasteiger partial charge is 0.379 e. The third-order valence-corrected chi connectivity index (χ3v) is 5.81. The summed E-state index contributed by atoms with van der Waals surface area (Å²) in [7, 11) is 0. The van der Waals surface area contributed by atoms with Gasteiger partial charge in [0.2, 0.25) is 5.78 Å². The molecule has 1 fully saturated rings. The first-order chi connectivity index (χ1) is 16.1. The van der Waals surface area contributed by atoms with Crippen LogP contribution in [0.2, 0.25) is 0 Å². The van der Waals surface area contributed by atoms with Crippen LogP contribution in [0.25, 0.3) is 0 Å². The second-order valence-corrected chi connectivity index (χ2v) is 8.27. The summed E-state index contributed by atoms with van der Waals surface area (Å²) in [6.45, 7) is 6.23. The molecular formula is C24H35N3O6. The molecule has 1 unspecified atom stereocenters. The molecule has 1 atom stereocenters. The summed E-state index contributed by atoms with van der Waals surface area (Å²) in [6.07, 6.45) is 2.52. The number of carbonyl (C=O) groups is 3. The number of ether oxygens (including phenoxy) is 3. The first-order valence-electron chi connectivity index (χ1n) is 11.8. The van der Waals surface area contributed by atoms with Crippen molar-refractivity contribution in [2.75, 3.05) is 59.2 Å². The summed E-state index contributed by atoms with van der Waals surface area (Å²) in [5.41, 5.74) is 1.17. The lowest BCUT2D eigenvalue weighted by Gasteiger charge is -2.26. The predicted molar refractivity (Wildman–Crippen MR) is 122 cm³/mol. The minimum absolute atomic E-state index is 0.273. The van der Waals surface area contributed by atoms with E-state index < -0.39 is 17.7 Å². The number of amides is 2. The van der Waals surface area contributed by atoms with Crippen LogP contribution in [0.4, 0.5) is 0 Å². The quantitative estimate of drug-likeness (QED) is 0.479. The number of Topliss-reactive ketones (excluding diaryl/α,β-unsaturated/α-hetero) is 1. The standard InChI is InChI=1S/C24H35N3O6/c28-22(24(30)25-9-5-10-27-11-14-32-15-12-27)21-8-3-4-13-31-16-17-33-18-19-6-1-2-7-20(19)23(29)26-21/h1-2,6-7,21H,3-5,8-18H2,(H,25,30)(H,26,29). The number of carbonyl (C=O) groups excluding carboxylic acids is 3. The molecule has 1 aromatic carbocycles. The lowest BCUT2D eigenvalue weighted by molar-refractivity contribution is -0.139. The van der Waals surface area contributed by atoms with E-state index in [-0.39, 0.29) is 12.5 Å². The van der Waals surface area contributed by atoms with Gasteiger partial charge >= 0.3 is 0 Å². The van der Waals surface area contributed by atoms with Crippen molar-refractivity contribution in [1.82, 2.24) is 15.5 Å². The molecule has 9 heteroatoms. The molecule has 0 aromatic heterocycles. The van der Waals surface area contributed by atoms with Crippen LogP contribution in [0.5, 0.6) is 0 Å². The summed E-state index contributed by atoms with van der Waals surface area (Å²) in [5, 5.41) is 5.50. The molecule has 1 saturated heterocycles. The maximum Gasteiger partial charge on any atom is 0.289 e. The molecular weight excluding hydrogens is 426 g/mol. The molecule has 2 heterocycles. The van der Waals surface area contributed by atoms with Gasteiger partial charge in [-0.25, -0.2) is 0 Å². The van der Waals surface area contributed by atoms with Crippen LogP contribution in [0.15, 0.2) is 24.3 Å². The minimum atomic E-state index is -0.881. The number of fused-ring (bicyclic) bond motifs is 1. The predicted octanol–water partition coefficient (Wildman–Crippen LogP) is 0.910. The lowest BCUT2D eigenvalue weighted by atomic mass is 10.0. The SMILES string of the molecule is O=C(NCCCN1CCOCC1)C(=O)C1CCCCOCCOCc2ccccc2C(=O)N1. The fourth-order valence-corrected chi connectivity index (χ4v) is 3.90. The highest BCUT2D eigenvalue weighted by Crippen LogP contribution is 2.13. The normalized spacial score (nSPS) is 21.3. The zero-order valence-electron chi connectivity index (χ0n) is 19.2. The Kier molecular flexibility index (Phi) is 10.8. The average Bonchev–Trinajstić information content (AvgIpc) is 2.84. The Labute approximate surface area is 195 Å². The lowest BCUT2D eigenvalue weighted by Crippen LogP contribution is -2.48. The zero-order chi connectivity index (χ0) is 23.3. The number of benzene rings is 1. The van der Waals surface area contributed by atoms with E-state index in [1.165, 1.54) is 0 Å². The Hall–Kier alpha value is -2.33. The molecule has 0 saturated carbocycles. The molecule has 2 amide bonds. The molecule has 0 radical (unpaired) electrons. The third kappa shape index (κ3) is 8.51. The number of hydrogen-bond acceptors (Lipinski definition) is 7. The van der Waals surface area contributed by atoms with E-state index in [0.717, 1.165) is 51.3 Å². The van der Waals surface area contributed by atoms with Crippen LogP contribution in [-0.2, 0) is 30.4 Å². The number of ketones is 1. The molecule has 2 aliphatic heterocycles. The van der Waals surface area contributed by atoms with Gasteiger partial charge in [0.1, 0.15) is 0 Å². The van der Waals surface area contributed by atoms with E-state index in [1.807, 2.05) is 12.1 Å². The summed E-state index contributed by atoms with van der Waals surface area (Å²) in [6, 6.07) is 6.24. The molecule has 33 heavy (non-hydrogen) atoms. The van der Waals surface area contributed by atoms with Crippen molar-refractivity contribution in [2.24, 2.45) is 0 Å². The van der Waals surface area contributed by atoms with Gasteiger partial charge in [-0.15, -0.1) is 0 Å². The van der Waals surface area contributed by atoms with E-state index in [1.54, 1.807) is 12.1 Å². The van der Waals surface area contributed by atoms with Crippen molar-refractivity contribution in [3.8, 4) is 0 Å².